The molecule has 1 unspecified atom stereocenters. The molecule has 0 aliphatic heterocycles. The maximum atomic E-state index is 12.0. The zero-order chi connectivity index (χ0) is 18.3. The van der Waals surface area contributed by atoms with Gasteiger partial charge in [0.2, 0.25) is 5.69 Å². The third-order valence-corrected chi connectivity index (χ3v) is 3.89. The van der Waals surface area contributed by atoms with E-state index in [0.717, 1.165) is 11.8 Å². The van der Waals surface area contributed by atoms with E-state index in [4.69, 9.17) is 0 Å². The lowest BCUT2D eigenvalue weighted by atomic mass is 9.86. The van der Waals surface area contributed by atoms with Crippen LogP contribution >= 0.6 is 0 Å². The number of fused-ring (bicyclic) bond motifs is 1. The second-order valence-electron chi connectivity index (χ2n) is 5.55. The summed E-state index contributed by atoms with van der Waals surface area (Å²) < 4.78 is 4.46. The Labute approximate surface area is 140 Å². The van der Waals surface area contributed by atoms with Crippen LogP contribution < -0.4 is 9.80 Å². The molecule has 2 aromatic rings. The topological polar surface area (TPSA) is 148 Å². The number of anilines is 1. The SMILES string of the molecule is CN(C)c1ccc(C2C([N+](=O)[O-])=CC(=[N+]([O-])[O-])c3no[n+]([O-])c32)cc1. The minimum Gasteiger partial charge on any atom is -0.612 e. The van der Waals surface area contributed by atoms with E-state index in [0.29, 0.717) is 5.56 Å². The first-order valence-electron chi connectivity index (χ1n) is 7.06. The molecule has 0 N–H and O–H groups in total. The van der Waals surface area contributed by atoms with E-state index in [-0.39, 0.29) is 16.3 Å². The van der Waals surface area contributed by atoms with Crippen molar-refractivity contribution in [2.24, 2.45) is 0 Å². The van der Waals surface area contributed by atoms with Crippen molar-refractivity contribution in [3.8, 4) is 0 Å². The first kappa shape index (κ1) is 16.2. The number of aromatic nitrogens is 2. The van der Waals surface area contributed by atoms with Gasteiger partial charge in [0, 0.05) is 19.8 Å². The molecule has 25 heavy (non-hydrogen) atoms. The second-order valence-corrected chi connectivity index (χ2v) is 5.55. The zero-order valence-electron chi connectivity index (χ0n) is 13.1. The van der Waals surface area contributed by atoms with Gasteiger partial charge in [-0.2, -0.15) is 4.90 Å². The number of rotatable bonds is 3. The average molecular weight is 346 g/mol. The number of nitro groups is 1. The third-order valence-electron chi connectivity index (χ3n) is 3.89. The van der Waals surface area contributed by atoms with E-state index in [2.05, 4.69) is 9.79 Å². The highest BCUT2D eigenvalue weighted by Crippen LogP contribution is 2.36. The Balaban J connectivity index is 2.22. The van der Waals surface area contributed by atoms with Gasteiger partial charge in [-0.05, 0) is 22.6 Å². The maximum absolute atomic E-state index is 12.0. The van der Waals surface area contributed by atoms with E-state index in [1.54, 1.807) is 24.3 Å². The number of allylic oxidation sites excluding steroid dienone is 2. The van der Waals surface area contributed by atoms with Crippen molar-refractivity contribution in [1.82, 2.24) is 5.16 Å². The molecule has 0 radical (unpaired) electrons. The van der Waals surface area contributed by atoms with Gasteiger partial charge >= 0.3 is 5.69 Å². The normalized spacial score (nSPS) is 16.2. The van der Waals surface area contributed by atoms with Gasteiger partial charge in [0.1, 0.15) is 5.92 Å². The molecule has 1 aliphatic rings. The molecule has 0 spiro atoms. The quantitative estimate of drug-likeness (QED) is 0.442. The predicted molar refractivity (Wildman–Crippen MR) is 84.3 cm³/mol. The van der Waals surface area contributed by atoms with Crippen LogP contribution in [0.15, 0.2) is 40.7 Å². The van der Waals surface area contributed by atoms with Crippen LogP contribution in [0.1, 0.15) is 22.9 Å². The molecule has 130 valence electrons. The summed E-state index contributed by atoms with van der Waals surface area (Å²) in [5.74, 6) is -1.13. The predicted octanol–water partition coefficient (Wildman–Crippen LogP) is 0.477. The minimum atomic E-state index is -1.13. The zero-order valence-corrected chi connectivity index (χ0v) is 13.1. The molecule has 11 nitrogen and oxygen atoms in total. The summed E-state index contributed by atoms with van der Waals surface area (Å²) in [5, 5.41) is 49.1. The molecule has 1 aliphatic carbocycles. The summed E-state index contributed by atoms with van der Waals surface area (Å²) in [6, 6.07) is 6.68. The maximum Gasteiger partial charge on any atom is 0.318 e. The molecule has 1 aromatic carbocycles. The van der Waals surface area contributed by atoms with Crippen LogP contribution in [0.25, 0.3) is 0 Å². The lowest BCUT2D eigenvalue weighted by Gasteiger charge is -2.18. The molecule has 1 heterocycles. The van der Waals surface area contributed by atoms with Crippen LogP contribution in [0.4, 0.5) is 5.69 Å². The van der Waals surface area contributed by atoms with Gasteiger partial charge in [0.15, 0.2) is 0 Å². The molecule has 0 bridgehead atoms. The first-order chi connectivity index (χ1) is 11.8. The van der Waals surface area contributed by atoms with E-state index < -0.39 is 27.2 Å². The molecule has 0 saturated carbocycles. The Kier molecular flexibility index (Phi) is 3.75. The van der Waals surface area contributed by atoms with Gasteiger partial charge in [-0.3, -0.25) is 14.7 Å². The summed E-state index contributed by atoms with van der Waals surface area (Å²) in [6.07, 6.45) is 0.815. The standard InChI is InChI=1S/C14H12N5O6/c1-16(2)9-5-3-8(4-6-9)12-10(17(20)21)7-11(18(22)23)13-14(12)19(24)25-15-13/h3-7,12H,1-2H3/q-1. The van der Waals surface area contributed by atoms with Crippen molar-refractivity contribution in [2.75, 3.05) is 19.0 Å². The average Bonchev–Trinajstić information content (AvgIpc) is 2.95. The van der Waals surface area contributed by atoms with Crippen LogP contribution in [0, 0.1) is 25.7 Å². The lowest BCUT2D eigenvalue weighted by Crippen LogP contribution is -2.36. The molecule has 11 heteroatoms. The molecule has 3 rings (SSSR count). The number of benzene rings is 1. The van der Waals surface area contributed by atoms with Gasteiger partial charge in [-0.25, -0.2) is 0 Å². The van der Waals surface area contributed by atoms with Crippen molar-refractivity contribution in [1.29, 1.82) is 0 Å². The highest BCUT2D eigenvalue weighted by molar-refractivity contribution is 6.06. The van der Waals surface area contributed by atoms with Gasteiger partial charge in [-0.1, -0.05) is 12.1 Å². The molecular weight excluding hydrogens is 334 g/mol. The summed E-state index contributed by atoms with van der Waals surface area (Å²) in [4.78, 5) is 11.7. The largest absolute Gasteiger partial charge is 0.612 e. The molecule has 1 atom stereocenters. The molecule has 1 aromatic heterocycles. The van der Waals surface area contributed by atoms with Crippen LogP contribution in [-0.2, 0) is 0 Å². The smallest absolute Gasteiger partial charge is 0.318 e. The second kappa shape index (κ2) is 5.78. The molecule has 0 fully saturated rings. The Morgan fingerprint density at radius 3 is 2.36 bits per heavy atom. The highest BCUT2D eigenvalue weighted by atomic mass is 16.8. The Bertz CT molecular complexity index is 895. The number of nitrogens with zero attached hydrogens (tertiary/aromatic N) is 5. The van der Waals surface area contributed by atoms with Gasteiger partial charge < -0.3 is 20.5 Å². The molecular formula is C14H12N5O6-. The number of hydrogen-bond acceptors (Lipinski definition) is 8. The monoisotopic (exact) mass is 346 g/mol. The van der Waals surface area contributed by atoms with Crippen molar-refractivity contribution in [3.63, 3.8) is 0 Å². The fourth-order valence-electron chi connectivity index (χ4n) is 2.70. The van der Waals surface area contributed by atoms with Crippen LogP contribution in [-0.4, -0.2) is 34.8 Å². The van der Waals surface area contributed by atoms with Crippen molar-refractivity contribution in [2.45, 2.75) is 5.92 Å². The van der Waals surface area contributed by atoms with Crippen molar-refractivity contribution < 1.29 is 19.4 Å². The first-order valence-corrected chi connectivity index (χ1v) is 7.06. The fourth-order valence-corrected chi connectivity index (χ4v) is 2.70. The lowest BCUT2D eigenvalue weighted by molar-refractivity contribution is -0.808. The third kappa shape index (κ3) is 2.60. The summed E-state index contributed by atoms with van der Waals surface area (Å²) in [5.41, 5.74) is -0.467. The summed E-state index contributed by atoms with van der Waals surface area (Å²) in [6.45, 7) is 0. The Hall–Kier alpha value is -3.63. The Morgan fingerprint density at radius 1 is 1.20 bits per heavy atom. The van der Waals surface area contributed by atoms with Gasteiger partial charge in [0.25, 0.3) is 11.4 Å². The molecule has 0 saturated heterocycles. The van der Waals surface area contributed by atoms with Crippen molar-refractivity contribution >= 4 is 11.4 Å². The number of hydrogen-bond donors (Lipinski definition) is 0. The summed E-state index contributed by atoms with van der Waals surface area (Å²) in [7, 11) is 3.67. The van der Waals surface area contributed by atoms with Crippen molar-refractivity contribution in [3.05, 3.63) is 78.7 Å². The van der Waals surface area contributed by atoms with E-state index in [1.807, 2.05) is 19.0 Å². The van der Waals surface area contributed by atoms with Crippen LogP contribution in [0.3, 0.4) is 0 Å². The van der Waals surface area contributed by atoms with Gasteiger partial charge in [-0.15, -0.1) is 0 Å². The fraction of sp³-hybridized carbons (Fsp3) is 0.214. The van der Waals surface area contributed by atoms with E-state index in [9.17, 15) is 25.7 Å². The summed E-state index contributed by atoms with van der Waals surface area (Å²) >= 11 is 0. The molecule has 0 amide bonds. The minimum absolute atomic E-state index is 0.0279. The van der Waals surface area contributed by atoms with Crippen LogP contribution in [0.5, 0.6) is 0 Å². The highest BCUT2D eigenvalue weighted by Gasteiger charge is 2.46. The van der Waals surface area contributed by atoms with E-state index in [1.165, 1.54) is 0 Å². The van der Waals surface area contributed by atoms with Crippen LogP contribution in [0.2, 0.25) is 0 Å². The van der Waals surface area contributed by atoms with E-state index >= 15 is 0 Å². The Morgan fingerprint density at radius 2 is 1.84 bits per heavy atom. The van der Waals surface area contributed by atoms with Gasteiger partial charge in [0.05, 0.1) is 16.2 Å².